The summed E-state index contributed by atoms with van der Waals surface area (Å²) in [5.74, 6) is 0.662. The maximum Gasteiger partial charge on any atom is 0.379 e. The molecule has 0 saturated carbocycles. The minimum atomic E-state index is -3.67. The summed E-state index contributed by atoms with van der Waals surface area (Å²) in [5, 5.41) is 0. The van der Waals surface area contributed by atoms with Gasteiger partial charge in [-0.3, -0.25) is 0 Å². The van der Waals surface area contributed by atoms with Crippen molar-refractivity contribution in [1.29, 1.82) is 0 Å². The molecule has 58 valence electrons. The molecule has 0 heterocycles. The maximum atomic E-state index is 9.67. The molecule has 0 aromatic carbocycles. The van der Waals surface area contributed by atoms with Gasteiger partial charge in [0.1, 0.15) is 0 Å². The molecule has 9 heavy (non-hydrogen) atoms. The monoisotopic (exact) mass is 143 g/mol. The quantitative estimate of drug-likeness (QED) is 0.594. The van der Waals surface area contributed by atoms with Crippen molar-refractivity contribution in [2.45, 2.75) is 20.5 Å². The van der Waals surface area contributed by atoms with Crippen LogP contribution in [0, 0.1) is 5.92 Å². The van der Waals surface area contributed by atoms with Crippen molar-refractivity contribution in [3.8, 4) is 0 Å². The molecule has 0 aliphatic heterocycles. The van der Waals surface area contributed by atoms with Crippen LogP contribution in [0.4, 0.5) is 13.2 Å². The third kappa shape index (κ3) is 83.7. The van der Waals surface area contributed by atoms with Crippen LogP contribution in [0.25, 0.3) is 0 Å². The summed E-state index contributed by atoms with van der Waals surface area (Å²) in [4.78, 5) is 0. The van der Waals surface area contributed by atoms with E-state index in [0.717, 1.165) is 6.54 Å². The van der Waals surface area contributed by atoms with E-state index >= 15 is 0 Å². The van der Waals surface area contributed by atoms with Gasteiger partial charge in [0.25, 0.3) is 0 Å². The standard InChI is InChI=1S/C4H11N.CHF3/c1-4(2)3-5;2-1(3)4/h4H,3,5H2,1-2H3;1H. The molecule has 0 aliphatic rings. The van der Waals surface area contributed by atoms with Crippen molar-refractivity contribution in [2.24, 2.45) is 11.7 Å². The van der Waals surface area contributed by atoms with Crippen LogP contribution in [0.2, 0.25) is 0 Å². The van der Waals surface area contributed by atoms with Crippen LogP contribution >= 0.6 is 0 Å². The molecule has 0 rings (SSSR count). The van der Waals surface area contributed by atoms with Gasteiger partial charge in [-0.05, 0) is 12.5 Å². The van der Waals surface area contributed by atoms with Crippen molar-refractivity contribution >= 4 is 0 Å². The highest BCUT2D eigenvalue weighted by molar-refractivity contribution is 4.38. The van der Waals surface area contributed by atoms with Crippen molar-refractivity contribution < 1.29 is 13.2 Å². The molecule has 0 fully saturated rings. The van der Waals surface area contributed by atoms with Crippen LogP contribution in [0.1, 0.15) is 13.8 Å². The van der Waals surface area contributed by atoms with Crippen LogP contribution in [0.15, 0.2) is 0 Å². The van der Waals surface area contributed by atoms with Gasteiger partial charge in [0.05, 0.1) is 0 Å². The molecule has 0 aliphatic carbocycles. The summed E-state index contributed by atoms with van der Waals surface area (Å²) >= 11 is 0. The van der Waals surface area contributed by atoms with Crippen molar-refractivity contribution in [3.05, 3.63) is 0 Å². The normalized spacial score (nSPS) is 9.33. The SMILES string of the molecule is CC(C)CN.FC(F)F. The van der Waals surface area contributed by atoms with Gasteiger partial charge in [-0.2, -0.15) is 13.2 Å². The smallest absolute Gasteiger partial charge is 0.330 e. The zero-order valence-corrected chi connectivity index (χ0v) is 5.57. The molecule has 0 amide bonds. The highest BCUT2D eigenvalue weighted by atomic mass is 19.4. The molecule has 0 unspecified atom stereocenters. The van der Waals surface area contributed by atoms with Crippen LogP contribution in [0.5, 0.6) is 0 Å². The Balaban J connectivity index is 0. The van der Waals surface area contributed by atoms with Gasteiger partial charge in [-0.1, -0.05) is 13.8 Å². The molecule has 4 heteroatoms. The number of halogens is 3. The fraction of sp³-hybridized carbons (Fsp3) is 1.00. The van der Waals surface area contributed by atoms with E-state index in [-0.39, 0.29) is 0 Å². The molecular formula is C5H12F3N. The first-order chi connectivity index (χ1) is 4.00. The Morgan fingerprint density at radius 3 is 1.33 bits per heavy atom. The molecule has 2 N–H and O–H groups in total. The van der Waals surface area contributed by atoms with Crippen LogP contribution in [-0.4, -0.2) is 13.2 Å². The van der Waals surface area contributed by atoms with Crippen LogP contribution in [-0.2, 0) is 0 Å². The first-order valence-corrected chi connectivity index (χ1v) is 2.63. The Bertz CT molecular complexity index is 44.7. The van der Waals surface area contributed by atoms with E-state index in [1.807, 2.05) is 0 Å². The largest absolute Gasteiger partial charge is 0.379 e. The third-order valence-corrected chi connectivity index (χ3v) is 0.471. The fourth-order valence-corrected chi connectivity index (χ4v) is 0. The second-order valence-electron chi connectivity index (χ2n) is 1.88. The molecule has 0 aromatic heterocycles. The summed E-state index contributed by atoms with van der Waals surface area (Å²) in [6.07, 6.45) is 0. The number of nitrogens with two attached hydrogens (primary N) is 1. The zero-order chi connectivity index (χ0) is 7.86. The summed E-state index contributed by atoms with van der Waals surface area (Å²) in [6.45, 7) is 1.33. The van der Waals surface area contributed by atoms with E-state index in [0.29, 0.717) is 5.92 Å². The molecular weight excluding hydrogens is 131 g/mol. The van der Waals surface area contributed by atoms with Gasteiger partial charge in [-0.25, -0.2) is 0 Å². The number of hydrogen-bond acceptors (Lipinski definition) is 1. The molecule has 0 saturated heterocycles. The van der Waals surface area contributed by atoms with Gasteiger partial charge in [0.15, 0.2) is 0 Å². The number of rotatable bonds is 1. The Labute approximate surface area is 53.0 Å². The lowest BCUT2D eigenvalue weighted by atomic mass is 10.2. The van der Waals surface area contributed by atoms with Crippen molar-refractivity contribution in [1.82, 2.24) is 0 Å². The van der Waals surface area contributed by atoms with Crippen LogP contribution in [0.3, 0.4) is 0 Å². The summed E-state index contributed by atoms with van der Waals surface area (Å²) in [5.41, 5.74) is 5.17. The Hall–Kier alpha value is -0.250. The zero-order valence-electron chi connectivity index (χ0n) is 5.57. The minimum Gasteiger partial charge on any atom is -0.330 e. The van der Waals surface area contributed by atoms with Gasteiger partial charge < -0.3 is 5.73 Å². The second-order valence-corrected chi connectivity index (χ2v) is 1.88. The van der Waals surface area contributed by atoms with E-state index in [4.69, 9.17) is 5.73 Å². The van der Waals surface area contributed by atoms with Crippen molar-refractivity contribution in [3.63, 3.8) is 0 Å². The van der Waals surface area contributed by atoms with E-state index in [2.05, 4.69) is 13.8 Å². The summed E-state index contributed by atoms with van der Waals surface area (Å²) in [7, 11) is 0. The van der Waals surface area contributed by atoms with E-state index in [9.17, 15) is 13.2 Å². The topological polar surface area (TPSA) is 26.0 Å². The molecule has 0 atom stereocenters. The number of alkyl halides is 3. The highest BCUT2D eigenvalue weighted by Gasteiger charge is 1.86. The lowest BCUT2D eigenvalue weighted by Crippen LogP contribution is -2.05. The van der Waals surface area contributed by atoms with E-state index in [1.165, 1.54) is 0 Å². The molecule has 0 bridgehead atoms. The molecule has 1 nitrogen and oxygen atoms in total. The Morgan fingerprint density at radius 2 is 1.33 bits per heavy atom. The van der Waals surface area contributed by atoms with Gasteiger partial charge in [0.2, 0.25) is 0 Å². The predicted molar refractivity (Wildman–Crippen MR) is 31.0 cm³/mol. The Kier molecular flexibility index (Phi) is 9.93. The highest BCUT2D eigenvalue weighted by Crippen LogP contribution is 1.87. The van der Waals surface area contributed by atoms with Gasteiger partial charge in [-0.15, -0.1) is 0 Å². The van der Waals surface area contributed by atoms with Crippen LogP contribution < -0.4 is 5.73 Å². The lowest BCUT2D eigenvalue weighted by Gasteiger charge is -1.91. The first kappa shape index (κ1) is 11.5. The molecule has 0 spiro atoms. The Morgan fingerprint density at radius 1 is 1.22 bits per heavy atom. The average molecular weight is 143 g/mol. The summed E-state index contributed by atoms with van der Waals surface area (Å²) in [6, 6.07) is 0. The molecule has 0 radical (unpaired) electrons. The fourth-order valence-electron chi connectivity index (χ4n) is 0. The van der Waals surface area contributed by atoms with Gasteiger partial charge in [0, 0.05) is 0 Å². The third-order valence-electron chi connectivity index (χ3n) is 0.471. The summed E-state index contributed by atoms with van der Waals surface area (Å²) < 4.78 is 29.0. The predicted octanol–water partition coefficient (Wildman–Crippen LogP) is 1.78. The van der Waals surface area contributed by atoms with E-state index < -0.39 is 6.68 Å². The second kappa shape index (κ2) is 7.75. The van der Waals surface area contributed by atoms with E-state index in [1.54, 1.807) is 0 Å². The average Bonchev–Trinajstić information content (AvgIpc) is 1.65. The number of hydrogen-bond donors (Lipinski definition) is 1. The first-order valence-electron chi connectivity index (χ1n) is 2.63. The minimum absolute atomic E-state index is 0.662. The van der Waals surface area contributed by atoms with Gasteiger partial charge >= 0.3 is 6.68 Å². The van der Waals surface area contributed by atoms with Crippen molar-refractivity contribution in [2.75, 3.05) is 6.54 Å². The maximum absolute atomic E-state index is 9.67. The lowest BCUT2D eigenvalue weighted by molar-refractivity contribution is 0.00819. The molecule has 0 aromatic rings.